The first-order chi connectivity index (χ1) is 14.2. The molecule has 0 aliphatic carbocycles. The molecule has 2 aromatic rings. The largest absolute Gasteiger partial charge is 0.379 e. The van der Waals surface area contributed by atoms with Crippen LogP contribution < -0.4 is 10.2 Å². The van der Waals surface area contributed by atoms with Gasteiger partial charge in [0.15, 0.2) is 0 Å². The predicted octanol–water partition coefficient (Wildman–Crippen LogP) is 2.62. The van der Waals surface area contributed by atoms with Crippen molar-refractivity contribution in [2.45, 2.75) is 18.9 Å². The lowest BCUT2D eigenvalue weighted by atomic mass is 10.0. The van der Waals surface area contributed by atoms with E-state index in [1.54, 1.807) is 17.0 Å². The molecule has 6 nitrogen and oxygen atoms in total. The zero-order valence-electron chi connectivity index (χ0n) is 16.5. The molecule has 2 aromatic carbocycles. The van der Waals surface area contributed by atoms with E-state index >= 15 is 0 Å². The number of nitrogens with one attached hydrogen (secondary N) is 1. The molecular weight excluding hydrogens is 366 g/mol. The molecule has 1 unspecified atom stereocenters. The molecule has 29 heavy (non-hydrogen) atoms. The second-order valence-corrected chi connectivity index (χ2v) is 7.48. The summed E-state index contributed by atoms with van der Waals surface area (Å²) in [6.07, 6.45) is 1.49. The highest BCUT2D eigenvalue weighted by atomic mass is 16.5. The van der Waals surface area contributed by atoms with Crippen molar-refractivity contribution < 1.29 is 14.3 Å². The maximum atomic E-state index is 12.7. The van der Waals surface area contributed by atoms with Crippen LogP contribution in [0.4, 0.5) is 5.69 Å². The first-order valence-electron chi connectivity index (χ1n) is 10.3. The molecule has 0 saturated carbocycles. The third-order valence-corrected chi connectivity index (χ3v) is 5.64. The molecule has 1 atom stereocenters. The van der Waals surface area contributed by atoms with Crippen molar-refractivity contribution in [2.75, 3.05) is 44.3 Å². The lowest BCUT2D eigenvalue weighted by molar-refractivity contribution is -0.117. The van der Waals surface area contributed by atoms with Gasteiger partial charge in [-0.25, -0.2) is 0 Å². The van der Waals surface area contributed by atoms with E-state index < -0.39 is 0 Å². The van der Waals surface area contributed by atoms with Crippen molar-refractivity contribution in [1.29, 1.82) is 0 Å². The van der Waals surface area contributed by atoms with E-state index in [0.29, 0.717) is 31.7 Å². The summed E-state index contributed by atoms with van der Waals surface area (Å²) in [6, 6.07) is 17.7. The highest BCUT2D eigenvalue weighted by Gasteiger charge is 2.24. The maximum Gasteiger partial charge on any atom is 0.251 e. The van der Waals surface area contributed by atoms with Crippen LogP contribution in [-0.4, -0.2) is 56.1 Å². The van der Waals surface area contributed by atoms with Crippen LogP contribution in [0.25, 0.3) is 0 Å². The number of carbonyl (C=O) groups is 2. The molecule has 0 radical (unpaired) electrons. The van der Waals surface area contributed by atoms with Gasteiger partial charge in [-0.3, -0.25) is 14.5 Å². The quantitative estimate of drug-likeness (QED) is 0.820. The summed E-state index contributed by atoms with van der Waals surface area (Å²) in [5.41, 5.74) is 2.66. The zero-order valence-corrected chi connectivity index (χ0v) is 16.5. The predicted molar refractivity (Wildman–Crippen MR) is 112 cm³/mol. The van der Waals surface area contributed by atoms with E-state index in [1.807, 2.05) is 30.3 Å². The number of morpholine rings is 1. The van der Waals surface area contributed by atoms with Gasteiger partial charge >= 0.3 is 0 Å². The number of benzene rings is 2. The number of hydrogen-bond donors (Lipinski definition) is 1. The molecule has 152 valence electrons. The topological polar surface area (TPSA) is 61.9 Å². The van der Waals surface area contributed by atoms with Crippen molar-refractivity contribution in [3.63, 3.8) is 0 Å². The van der Waals surface area contributed by atoms with Crippen molar-refractivity contribution >= 4 is 17.5 Å². The Balaban J connectivity index is 1.41. The van der Waals surface area contributed by atoms with E-state index in [9.17, 15) is 9.59 Å². The smallest absolute Gasteiger partial charge is 0.251 e. The van der Waals surface area contributed by atoms with E-state index in [4.69, 9.17) is 4.74 Å². The fraction of sp³-hybridized carbons (Fsp3) is 0.391. The van der Waals surface area contributed by atoms with Gasteiger partial charge in [-0.15, -0.1) is 0 Å². The first-order valence-corrected chi connectivity index (χ1v) is 10.3. The minimum absolute atomic E-state index is 0.0986. The van der Waals surface area contributed by atoms with Gasteiger partial charge < -0.3 is 15.0 Å². The third kappa shape index (κ3) is 4.66. The monoisotopic (exact) mass is 393 g/mol. The average Bonchev–Trinajstić information content (AvgIpc) is 3.21. The first kappa shape index (κ1) is 19.6. The highest BCUT2D eigenvalue weighted by molar-refractivity contribution is 5.97. The molecule has 0 spiro atoms. The summed E-state index contributed by atoms with van der Waals surface area (Å²) in [6.45, 7) is 4.43. The molecule has 4 rings (SSSR count). The standard InChI is InChI=1S/C23H27N3O3/c27-22-7-4-12-26(22)20-10-8-19(9-11-20)23(28)24-17-21(18-5-2-1-3-6-18)25-13-15-29-16-14-25/h1-3,5-6,8-11,21H,4,7,12-17H2,(H,24,28). The highest BCUT2D eigenvalue weighted by Crippen LogP contribution is 2.23. The molecular formula is C23H27N3O3. The summed E-state index contributed by atoms with van der Waals surface area (Å²) in [5.74, 6) is 0.0527. The molecule has 0 aromatic heterocycles. The van der Waals surface area contributed by atoms with Crippen LogP contribution in [0.2, 0.25) is 0 Å². The molecule has 2 aliphatic rings. The SMILES string of the molecule is O=C(NCC(c1ccccc1)N1CCOCC1)c1ccc(N2CCCC2=O)cc1. The number of carbonyl (C=O) groups excluding carboxylic acids is 2. The van der Waals surface area contributed by atoms with Gasteiger partial charge in [0.2, 0.25) is 5.91 Å². The number of hydrogen-bond acceptors (Lipinski definition) is 4. The van der Waals surface area contributed by atoms with Gasteiger partial charge in [-0.05, 0) is 36.2 Å². The van der Waals surface area contributed by atoms with Crippen LogP contribution in [0.1, 0.15) is 34.8 Å². The van der Waals surface area contributed by atoms with Crippen LogP contribution in [0.15, 0.2) is 54.6 Å². The summed E-state index contributed by atoms with van der Waals surface area (Å²) in [4.78, 5) is 28.8. The minimum atomic E-state index is -0.0986. The van der Waals surface area contributed by atoms with Crippen LogP contribution >= 0.6 is 0 Å². The number of amides is 2. The van der Waals surface area contributed by atoms with E-state index in [1.165, 1.54) is 5.56 Å². The molecule has 2 saturated heterocycles. The number of ether oxygens (including phenoxy) is 1. The molecule has 1 N–H and O–H groups in total. The van der Waals surface area contributed by atoms with Crippen molar-refractivity contribution in [3.05, 3.63) is 65.7 Å². The van der Waals surface area contributed by atoms with Gasteiger partial charge in [0.1, 0.15) is 0 Å². The summed E-state index contributed by atoms with van der Waals surface area (Å²) < 4.78 is 5.48. The normalized spacial score (nSPS) is 18.6. The molecule has 2 heterocycles. The lowest BCUT2D eigenvalue weighted by Crippen LogP contribution is -2.43. The van der Waals surface area contributed by atoms with Crippen LogP contribution in [-0.2, 0) is 9.53 Å². The number of anilines is 1. The zero-order chi connectivity index (χ0) is 20.1. The van der Waals surface area contributed by atoms with E-state index in [0.717, 1.165) is 31.7 Å². The van der Waals surface area contributed by atoms with Gasteiger partial charge in [0.25, 0.3) is 5.91 Å². The number of rotatable bonds is 6. The average molecular weight is 393 g/mol. The summed E-state index contributed by atoms with van der Waals surface area (Å²) in [7, 11) is 0. The van der Waals surface area contributed by atoms with Crippen LogP contribution in [0, 0.1) is 0 Å². The van der Waals surface area contributed by atoms with Crippen LogP contribution in [0.5, 0.6) is 0 Å². The Labute approximate surface area is 171 Å². The molecule has 0 bridgehead atoms. The minimum Gasteiger partial charge on any atom is -0.379 e. The molecule has 2 amide bonds. The van der Waals surface area contributed by atoms with E-state index in [2.05, 4.69) is 22.3 Å². The Bertz CT molecular complexity index is 832. The maximum absolute atomic E-state index is 12.7. The van der Waals surface area contributed by atoms with Crippen LogP contribution in [0.3, 0.4) is 0 Å². The second kappa shape index (κ2) is 9.20. The van der Waals surface area contributed by atoms with Crippen molar-refractivity contribution in [3.8, 4) is 0 Å². The van der Waals surface area contributed by atoms with E-state index in [-0.39, 0.29) is 17.9 Å². The molecule has 6 heteroatoms. The fourth-order valence-corrected chi connectivity index (χ4v) is 4.03. The Hall–Kier alpha value is -2.70. The second-order valence-electron chi connectivity index (χ2n) is 7.48. The third-order valence-electron chi connectivity index (χ3n) is 5.64. The van der Waals surface area contributed by atoms with Gasteiger partial charge in [0.05, 0.1) is 19.3 Å². The fourth-order valence-electron chi connectivity index (χ4n) is 4.03. The Kier molecular flexibility index (Phi) is 6.22. The van der Waals surface area contributed by atoms with Gasteiger partial charge in [-0.2, -0.15) is 0 Å². The van der Waals surface area contributed by atoms with Crippen molar-refractivity contribution in [1.82, 2.24) is 10.2 Å². The molecule has 2 aliphatic heterocycles. The van der Waals surface area contributed by atoms with Gasteiger partial charge in [0, 0.05) is 43.9 Å². The van der Waals surface area contributed by atoms with Gasteiger partial charge in [-0.1, -0.05) is 30.3 Å². The Morgan fingerprint density at radius 1 is 1.00 bits per heavy atom. The lowest BCUT2D eigenvalue weighted by Gasteiger charge is -2.35. The van der Waals surface area contributed by atoms with Crippen molar-refractivity contribution in [2.24, 2.45) is 0 Å². The summed E-state index contributed by atoms with van der Waals surface area (Å²) in [5, 5.41) is 3.09. The Morgan fingerprint density at radius 2 is 1.72 bits per heavy atom. The summed E-state index contributed by atoms with van der Waals surface area (Å²) >= 11 is 0. The number of nitrogens with zero attached hydrogens (tertiary/aromatic N) is 2. The Morgan fingerprint density at radius 3 is 2.38 bits per heavy atom. The molecule has 2 fully saturated rings.